The maximum atomic E-state index is 13.2. The topological polar surface area (TPSA) is 3.24 Å². The van der Waals surface area contributed by atoms with E-state index in [1.54, 1.807) is 18.2 Å². The Balaban J connectivity index is 2.76. The fraction of sp³-hybridized carbons (Fsp3) is 0.400. The van der Waals surface area contributed by atoms with E-state index >= 15 is 0 Å². The Morgan fingerprint density at radius 1 is 1.38 bits per heavy atom. The molecule has 1 nitrogen and oxygen atoms in total. The zero-order valence-corrected chi connectivity index (χ0v) is 8.55. The highest BCUT2D eigenvalue weighted by Crippen LogP contribution is 2.23. The number of alkyl halides is 1. The van der Waals surface area contributed by atoms with Gasteiger partial charge in [-0.3, -0.25) is 0 Å². The SMILES string of the molecule is CN(C)C[C@@H](Cl)c1ccccc1F. The molecular formula is C10H13ClFN. The van der Waals surface area contributed by atoms with E-state index in [0.29, 0.717) is 12.1 Å². The minimum absolute atomic E-state index is 0.232. The Morgan fingerprint density at radius 2 is 2.00 bits per heavy atom. The molecule has 0 N–H and O–H groups in total. The third kappa shape index (κ3) is 2.98. The van der Waals surface area contributed by atoms with Crippen LogP contribution in [-0.4, -0.2) is 25.5 Å². The second-order valence-electron chi connectivity index (χ2n) is 3.25. The predicted octanol–water partition coefficient (Wildman–Crippen LogP) is 2.67. The quantitative estimate of drug-likeness (QED) is 0.680. The first-order chi connectivity index (χ1) is 6.11. The van der Waals surface area contributed by atoms with Crippen LogP contribution in [0, 0.1) is 5.82 Å². The molecule has 0 amide bonds. The summed E-state index contributed by atoms with van der Waals surface area (Å²) in [5.74, 6) is -0.232. The van der Waals surface area contributed by atoms with E-state index in [0.717, 1.165) is 0 Å². The second kappa shape index (κ2) is 4.58. The normalized spacial score (nSPS) is 13.3. The van der Waals surface area contributed by atoms with Crippen LogP contribution in [0.25, 0.3) is 0 Å². The average molecular weight is 202 g/mol. The molecular weight excluding hydrogens is 189 g/mol. The lowest BCUT2D eigenvalue weighted by Crippen LogP contribution is -2.17. The molecule has 0 aliphatic carbocycles. The van der Waals surface area contributed by atoms with Crippen molar-refractivity contribution >= 4 is 11.6 Å². The molecule has 0 unspecified atom stereocenters. The second-order valence-corrected chi connectivity index (χ2v) is 3.78. The molecule has 0 aromatic heterocycles. The van der Waals surface area contributed by atoms with Crippen molar-refractivity contribution in [3.05, 3.63) is 35.6 Å². The van der Waals surface area contributed by atoms with E-state index in [9.17, 15) is 4.39 Å². The van der Waals surface area contributed by atoms with Gasteiger partial charge in [-0.1, -0.05) is 18.2 Å². The van der Waals surface area contributed by atoms with Crippen LogP contribution in [0.3, 0.4) is 0 Å². The van der Waals surface area contributed by atoms with Gasteiger partial charge in [0.2, 0.25) is 0 Å². The van der Waals surface area contributed by atoms with Crippen LogP contribution in [0.2, 0.25) is 0 Å². The summed E-state index contributed by atoms with van der Waals surface area (Å²) in [5, 5.41) is -0.281. The molecule has 0 saturated heterocycles. The summed E-state index contributed by atoms with van der Waals surface area (Å²) >= 11 is 6.02. The van der Waals surface area contributed by atoms with Crippen molar-refractivity contribution in [2.75, 3.05) is 20.6 Å². The summed E-state index contributed by atoms with van der Waals surface area (Å²) in [6.07, 6.45) is 0. The predicted molar refractivity (Wildman–Crippen MR) is 53.5 cm³/mol. The fourth-order valence-corrected chi connectivity index (χ4v) is 1.60. The molecule has 0 spiro atoms. The Hall–Kier alpha value is -0.600. The van der Waals surface area contributed by atoms with Gasteiger partial charge in [0, 0.05) is 12.1 Å². The van der Waals surface area contributed by atoms with Crippen molar-refractivity contribution in [1.29, 1.82) is 0 Å². The summed E-state index contributed by atoms with van der Waals surface area (Å²) < 4.78 is 13.2. The lowest BCUT2D eigenvalue weighted by atomic mass is 10.1. The third-order valence-electron chi connectivity index (χ3n) is 1.77. The fourth-order valence-electron chi connectivity index (χ4n) is 1.15. The zero-order valence-electron chi connectivity index (χ0n) is 7.80. The molecule has 1 atom stereocenters. The highest BCUT2D eigenvalue weighted by molar-refractivity contribution is 6.21. The summed E-state index contributed by atoms with van der Waals surface area (Å²) in [4.78, 5) is 1.93. The molecule has 0 fully saturated rings. The Bertz CT molecular complexity index is 275. The molecule has 1 aromatic carbocycles. The van der Waals surface area contributed by atoms with Crippen LogP contribution < -0.4 is 0 Å². The summed E-state index contributed by atoms with van der Waals surface area (Å²) in [6, 6.07) is 6.61. The molecule has 0 aliphatic rings. The van der Waals surface area contributed by atoms with Gasteiger partial charge < -0.3 is 4.90 Å². The highest BCUT2D eigenvalue weighted by Gasteiger charge is 2.12. The first-order valence-corrected chi connectivity index (χ1v) is 4.58. The number of hydrogen-bond donors (Lipinski definition) is 0. The summed E-state index contributed by atoms with van der Waals surface area (Å²) in [7, 11) is 3.83. The number of halogens is 2. The van der Waals surface area contributed by atoms with Crippen LogP contribution >= 0.6 is 11.6 Å². The average Bonchev–Trinajstić information content (AvgIpc) is 2.03. The smallest absolute Gasteiger partial charge is 0.127 e. The summed E-state index contributed by atoms with van der Waals surface area (Å²) in [6.45, 7) is 0.641. The molecule has 0 aliphatic heterocycles. The minimum Gasteiger partial charge on any atom is -0.308 e. The van der Waals surface area contributed by atoms with Crippen LogP contribution in [-0.2, 0) is 0 Å². The van der Waals surface area contributed by atoms with Gasteiger partial charge in [0.1, 0.15) is 5.82 Å². The first-order valence-electron chi connectivity index (χ1n) is 4.14. The lowest BCUT2D eigenvalue weighted by molar-refractivity contribution is 0.404. The molecule has 3 heteroatoms. The van der Waals surface area contributed by atoms with Gasteiger partial charge in [0.15, 0.2) is 0 Å². The maximum Gasteiger partial charge on any atom is 0.127 e. The van der Waals surface area contributed by atoms with E-state index in [-0.39, 0.29) is 11.2 Å². The first kappa shape index (κ1) is 10.5. The zero-order chi connectivity index (χ0) is 9.84. The minimum atomic E-state index is -0.281. The molecule has 1 aromatic rings. The van der Waals surface area contributed by atoms with Crippen LogP contribution in [0.15, 0.2) is 24.3 Å². The van der Waals surface area contributed by atoms with Crippen molar-refractivity contribution in [2.45, 2.75) is 5.38 Å². The molecule has 13 heavy (non-hydrogen) atoms. The Labute approximate surface area is 83.1 Å². The van der Waals surface area contributed by atoms with Crippen LogP contribution in [0.4, 0.5) is 4.39 Å². The number of hydrogen-bond acceptors (Lipinski definition) is 1. The number of likely N-dealkylation sites (N-methyl/N-ethyl adjacent to an activating group) is 1. The molecule has 0 bridgehead atoms. The lowest BCUT2D eigenvalue weighted by Gasteiger charge is -2.15. The van der Waals surface area contributed by atoms with Gasteiger partial charge in [-0.05, 0) is 20.2 Å². The van der Waals surface area contributed by atoms with Crippen molar-refractivity contribution < 1.29 is 4.39 Å². The monoisotopic (exact) mass is 201 g/mol. The van der Waals surface area contributed by atoms with E-state index in [1.807, 2.05) is 19.0 Å². The molecule has 0 heterocycles. The van der Waals surface area contributed by atoms with Gasteiger partial charge in [-0.2, -0.15) is 0 Å². The van der Waals surface area contributed by atoms with Crippen LogP contribution in [0.1, 0.15) is 10.9 Å². The van der Waals surface area contributed by atoms with Crippen molar-refractivity contribution in [3.8, 4) is 0 Å². The van der Waals surface area contributed by atoms with Crippen molar-refractivity contribution in [3.63, 3.8) is 0 Å². The van der Waals surface area contributed by atoms with Crippen molar-refractivity contribution in [1.82, 2.24) is 4.90 Å². The molecule has 0 saturated carbocycles. The number of rotatable bonds is 3. The van der Waals surface area contributed by atoms with E-state index in [1.165, 1.54) is 6.07 Å². The maximum absolute atomic E-state index is 13.2. The van der Waals surface area contributed by atoms with E-state index < -0.39 is 0 Å². The molecule has 72 valence electrons. The van der Waals surface area contributed by atoms with Gasteiger partial charge in [-0.15, -0.1) is 11.6 Å². The van der Waals surface area contributed by atoms with Crippen LogP contribution in [0.5, 0.6) is 0 Å². The van der Waals surface area contributed by atoms with Gasteiger partial charge in [-0.25, -0.2) is 4.39 Å². The Morgan fingerprint density at radius 3 is 2.54 bits per heavy atom. The van der Waals surface area contributed by atoms with Gasteiger partial charge in [0.05, 0.1) is 5.38 Å². The Kier molecular flexibility index (Phi) is 3.70. The largest absolute Gasteiger partial charge is 0.308 e. The van der Waals surface area contributed by atoms with Crippen molar-refractivity contribution in [2.24, 2.45) is 0 Å². The third-order valence-corrected chi connectivity index (χ3v) is 2.14. The highest BCUT2D eigenvalue weighted by atomic mass is 35.5. The number of nitrogens with zero attached hydrogens (tertiary/aromatic N) is 1. The summed E-state index contributed by atoms with van der Waals surface area (Å²) in [5.41, 5.74) is 0.567. The van der Waals surface area contributed by atoms with E-state index in [4.69, 9.17) is 11.6 Å². The molecule has 1 rings (SSSR count). The van der Waals surface area contributed by atoms with Gasteiger partial charge >= 0.3 is 0 Å². The molecule has 0 radical (unpaired) electrons. The van der Waals surface area contributed by atoms with E-state index in [2.05, 4.69) is 0 Å². The van der Waals surface area contributed by atoms with Gasteiger partial charge in [0.25, 0.3) is 0 Å². The number of benzene rings is 1. The standard InChI is InChI=1S/C10H13ClFN/c1-13(2)7-9(11)8-5-3-4-6-10(8)12/h3-6,9H,7H2,1-2H3/t9-/m1/s1.